The van der Waals surface area contributed by atoms with Gasteiger partial charge >= 0.3 is 6.03 Å². The number of rotatable bonds is 4. The number of urea groups is 1. The number of benzene rings is 2. The molecule has 0 unspecified atom stereocenters. The number of aromatic nitrogens is 1. The predicted octanol–water partition coefficient (Wildman–Crippen LogP) is 3.99. The standard InChI is InChI=1S/C28H32N4O2/c33-27-19-25(23-7-3-1-4-8-23)13-17-31(27)21-22-11-15-30(16-12-22)28(34)32-18-14-29-20-26(32)24-9-5-2-6-10-24/h1-10,13,17,19,22,26,29H,11-12,14-16,18,20-21H2/t26-/m0/s1. The zero-order valence-electron chi connectivity index (χ0n) is 19.5. The van der Waals surface area contributed by atoms with Crippen molar-refractivity contribution in [2.24, 2.45) is 5.92 Å². The second-order valence-electron chi connectivity index (χ2n) is 9.31. The summed E-state index contributed by atoms with van der Waals surface area (Å²) in [5, 5.41) is 3.43. The molecular formula is C28H32N4O2. The van der Waals surface area contributed by atoms with Gasteiger partial charge in [-0.3, -0.25) is 4.79 Å². The summed E-state index contributed by atoms with van der Waals surface area (Å²) in [7, 11) is 0. The summed E-state index contributed by atoms with van der Waals surface area (Å²) in [6.07, 6.45) is 3.74. The number of hydrogen-bond donors (Lipinski definition) is 1. The third kappa shape index (κ3) is 4.92. The minimum absolute atomic E-state index is 0.0337. The van der Waals surface area contributed by atoms with E-state index >= 15 is 0 Å². The highest BCUT2D eigenvalue weighted by Gasteiger charge is 2.32. The molecule has 0 bridgehead atoms. The summed E-state index contributed by atoms with van der Waals surface area (Å²) in [5.74, 6) is 0.400. The van der Waals surface area contributed by atoms with Crippen molar-refractivity contribution in [2.75, 3.05) is 32.7 Å². The molecule has 6 heteroatoms. The Hall–Kier alpha value is -3.38. The SMILES string of the molecule is O=C(N1CCC(Cn2ccc(-c3ccccc3)cc2=O)CC1)N1CCNC[C@H]1c1ccccc1. The van der Waals surface area contributed by atoms with Crippen molar-refractivity contribution in [1.29, 1.82) is 0 Å². The Balaban J connectivity index is 1.19. The molecule has 1 N–H and O–H groups in total. The molecule has 2 aliphatic rings. The average Bonchev–Trinajstić information content (AvgIpc) is 2.91. The van der Waals surface area contributed by atoms with Crippen LogP contribution in [0.5, 0.6) is 0 Å². The van der Waals surface area contributed by atoms with Crippen molar-refractivity contribution in [3.63, 3.8) is 0 Å². The van der Waals surface area contributed by atoms with E-state index in [4.69, 9.17) is 0 Å². The molecule has 3 heterocycles. The summed E-state index contributed by atoms with van der Waals surface area (Å²) >= 11 is 0. The number of piperazine rings is 1. The van der Waals surface area contributed by atoms with E-state index in [-0.39, 0.29) is 17.6 Å². The molecule has 1 atom stereocenters. The topological polar surface area (TPSA) is 57.6 Å². The zero-order valence-corrected chi connectivity index (χ0v) is 19.5. The molecule has 0 radical (unpaired) electrons. The van der Waals surface area contributed by atoms with Gasteiger partial charge in [-0.2, -0.15) is 0 Å². The first-order chi connectivity index (χ1) is 16.7. The van der Waals surface area contributed by atoms with Gasteiger partial charge in [-0.15, -0.1) is 0 Å². The number of pyridine rings is 1. The Kier molecular flexibility index (Phi) is 6.77. The molecular weight excluding hydrogens is 424 g/mol. The fraction of sp³-hybridized carbons (Fsp3) is 0.357. The highest BCUT2D eigenvalue weighted by molar-refractivity contribution is 5.75. The number of amides is 2. The van der Waals surface area contributed by atoms with E-state index in [2.05, 4.69) is 17.4 Å². The van der Waals surface area contributed by atoms with Gasteiger partial charge in [0, 0.05) is 51.5 Å². The summed E-state index contributed by atoms with van der Waals surface area (Å²) < 4.78 is 1.82. The van der Waals surface area contributed by atoms with Crippen LogP contribution < -0.4 is 10.9 Å². The van der Waals surface area contributed by atoms with Crippen molar-refractivity contribution >= 4 is 6.03 Å². The summed E-state index contributed by atoms with van der Waals surface area (Å²) in [5.41, 5.74) is 3.22. The maximum Gasteiger partial charge on any atom is 0.320 e. The number of hydrogen-bond acceptors (Lipinski definition) is 3. The van der Waals surface area contributed by atoms with Crippen molar-refractivity contribution < 1.29 is 4.79 Å². The monoisotopic (exact) mass is 456 g/mol. The molecule has 2 amide bonds. The van der Waals surface area contributed by atoms with Crippen molar-refractivity contribution in [2.45, 2.75) is 25.4 Å². The van der Waals surface area contributed by atoms with Crippen LogP contribution >= 0.6 is 0 Å². The Morgan fingerprint density at radius 2 is 1.59 bits per heavy atom. The van der Waals surface area contributed by atoms with Crippen LogP contribution in [-0.4, -0.2) is 53.1 Å². The minimum atomic E-state index is 0.0337. The van der Waals surface area contributed by atoms with Crippen LogP contribution in [0.4, 0.5) is 4.79 Å². The Morgan fingerprint density at radius 1 is 0.882 bits per heavy atom. The summed E-state index contributed by atoms with van der Waals surface area (Å²) in [6, 6.07) is 24.2. The summed E-state index contributed by atoms with van der Waals surface area (Å²) in [6.45, 7) is 4.52. The predicted molar refractivity (Wildman–Crippen MR) is 135 cm³/mol. The van der Waals surface area contributed by atoms with Gasteiger partial charge in [-0.05, 0) is 41.5 Å². The molecule has 2 aromatic carbocycles. The number of piperidine rings is 1. The van der Waals surface area contributed by atoms with Crippen molar-refractivity contribution in [3.8, 4) is 11.1 Å². The summed E-state index contributed by atoms with van der Waals surface area (Å²) in [4.78, 5) is 30.1. The molecule has 2 aliphatic heterocycles. The number of carbonyl (C=O) groups excluding carboxylic acids is 1. The van der Waals surface area contributed by atoms with Crippen LogP contribution in [0.25, 0.3) is 11.1 Å². The first-order valence-corrected chi connectivity index (χ1v) is 12.3. The van der Waals surface area contributed by atoms with Gasteiger partial charge in [-0.1, -0.05) is 60.7 Å². The minimum Gasteiger partial charge on any atom is -0.325 e. The van der Waals surface area contributed by atoms with Crippen LogP contribution in [0.1, 0.15) is 24.4 Å². The van der Waals surface area contributed by atoms with E-state index in [1.54, 1.807) is 6.07 Å². The molecule has 34 heavy (non-hydrogen) atoms. The van der Waals surface area contributed by atoms with Crippen LogP contribution in [-0.2, 0) is 6.54 Å². The Morgan fingerprint density at radius 3 is 2.29 bits per heavy atom. The van der Waals surface area contributed by atoms with Crippen molar-refractivity contribution in [1.82, 2.24) is 19.7 Å². The third-order valence-electron chi connectivity index (χ3n) is 7.12. The molecule has 0 spiro atoms. The maximum atomic E-state index is 13.4. The quantitative estimate of drug-likeness (QED) is 0.646. The van der Waals surface area contributed by atoms with Gasteiger partial charge in [0.15, 0.2) is 0 Å². The molecule has 1 aromatic heterocycles. The van der Waals surface area contributed by atoms with Crippen LogP contribution in [0, 0.1) is 5.92 Å². The highest BCUT2D eigenvalue weighted by Crippen LogP contribution is 2.26. The molecule has 2 fully saturated rings. The third-order valence-corrected chi connectivity index (χ3v) is 7.12. The fourth-order valence-electron chi connectivity index (χ4n) is 5.14. The van der Waals surface area contributed by atoms with E-state index < -0.39 is 0 Å². The zero-order chi connectivity index (χ0) is 23.3. The lowest BCUT2D eigenvalue weighted by Crippen LogP contribution is -2.54. The second-order valence-corrected chi connectivity index (χ2v) is 9.31. The van der Waals surface area contributed by atoms with Gasteiger partial charge in [0.2, 0.25) is 0 Å². The lowest BCUT2D eigenvalue weighted by molar-refractivity contribution is 0.104. The van der Waals surface area contributed by atoms with Gasteiger partial charge in [0.05, 0.1) is 6.04 Å². The second kappa shape index (κ2) is 10.3. The van der Waals surface area contributed by atoms with E-state index in [1.807, 2.05) is 75.2 Å². The fourth-order valence-corrected chi connectivity index (χ4v) is 5.14. The number of likely N-dealkylation sites (tertiary alicyclic amines) is 1. The van der Waals surface area contributed by atoms with Crippen molar-refractivity contribution in [3.05, 3.63) is 94.9 Å². The Labute approximate surface area is 200 Å². The van der Waals surface area contributed by atoms with Gasteiger partial charge < -0.3 is 19.7 Å². The number of nitrogens with zero attached hydrogens (tertiary/aromatic N) is 3. The van der Waals surface area contributed by atoms with Gasteiger partial charge in [0.1, 0.15) is 0 Å². The highest BCUT2D eigenvalue weighted by atomic mass is 16.2. The first-order valence-electron chi connectivity index (χ1n) is 12.3. The first kappa shape index (κ1) is 22.4. The smallest absolute Gasteiger partial charge is 0.320 e. The molecule has 0 aliphatic carbocycles. The Bertz CT molecular complexity index is 1150. The number of nitrogens with one attached hydrogen (secondary N) is 1. The lowest BCUT2D eigenvalue weighted by Gasteiger charge is -2.41. The molecule has 5 rings (SSSR count). The molecule has 0 saturated carbocycles. The van der Waals surface area contributed by atoms with E-state index in [1.165, 1.54) is 5.56 Å². The molecule has 2 saturated heterocycles. The van der Waals surface area contributed by atoms with E-state index in [0.29, 0.717) is 12.5 Å². The average molecular weight is 457 g/mol. The molecule has 6 nitrogen and oxygen atoms in total. The normalized spacial score (nSPS) is 19.2. The van der Waals surface area contributed by atoms with Gasteiger partial charge in [0.25, 0.3) is 5.56 Å². The molecule has 3 aromatic rings. The lowest BCUT2D eigenvalue weighted by atomic mass is 9.96. The van der Waals surface area contributed by atoms with E-state index in [9.17, 15) is 9.59 Å². The molecule has 176 valence electrons. The van der Waals surface area contributed by atoms with E-state index in [0.717, 1.165) is 56.7 Å². The van der Waals surface area contributed by atoms with Crippen LogP contribution in [0.2, 0.25) is 0 Å². The largest absolute Gasteiger partial charge is 0.325 e. The number of carbonyl (C=O) groups is 1. The van der Waals surface area contributed by atoms with Crippen LogP contribution in [0.15, 0.2) is 83.8 Å². The van der Waals surface area contributed by atoms with Gasteiger partial charge in [-0.25, -0.2) is 4.79 Å². The maximum absolute atomic E-state index is 13.4. The van der Waals surface area contributed by atoms with Crippen LogP contribution in [0.3, 0.4) is 0 Å².